The smallest absolute Gasteiger partial charge is 0.125 e. The van der Waals surface area contributed by atoms with E-state index in [-0.39, 0.29) is 5.82 Å². The minimum absolute atomic E-state index is 0.204. The van der Waals surface area contributed by atoms with Crippen molar-refractivity contribution in [1.82, 2.24) is 0 Å². The van der Waals surface area contributed by atoms with Gasteiger partial charge in [0.25, 0.3) is 0 Å². The number of para-hydroxylation sites is 2. The molecule has 1 aliphatic rings. The van der Waals surface area contributed by atoms with Gasteiger partial charge in [0.2, 0.25) is 0 Å². The number of fused-ring (bicyclic) bond motifs is 1. The molecule has 0 amide bonds. The number of halogens is 1. The van der Waals surface area contributed by atoms with Crippen molar-refractivity contribution < 1.29 is 4.39 Å². The van der Waals surface area contributed by atoms with Crippen LogP contribution in [-0.2, 0) is 6.42 Å². The second kappa shape index (κ2) is 3.77. The molecule has 1 aliphatic heterocycles. The predicted molar refractivity (Wildman–Crippen MR) is 68.0 cm³/mol. The van der Waals surface area contributed by atoms with E-state index in [9.17, 15) is 4.39 Å². The Morgan fingerprint density at radius 1 is 1.06 bits per heavy atom. The van der Waals surface area contributed by atoms with E-state index in [2.05, 4.69) is 4.90 Å². The first-order chi connectivity index (χ1) is 8.25. The van der Waals surface area contributed by atoms with E-state index in [1.165, 1.54) is 11.6 Å². The van der Waals surface area contributed by atoms with Crippen molar-refractivity contribution in [3.05, 3.63) is 53.8 Å². The molecule has 0 radical (unpaired) electrons. The highest BCUT2D eigenvalue weighted by atomic mass is 19.1. The summed E-state index contributed by atoms with van der Waals surface area (Å²) in [5, 5.41) is 0. The summed E-state index contributed by atoms with van der Waals surface area (Å²) in [6.07, 6.45) is 0.934. The van der Waals surface area contributed by atoms with Crippen LogP contribution in [0.3, 0.4) is 0 Å². The minimum atomic E-state index is -0.204. The van der Waals surface area contributed by atoms with Gasteiger partial charge in [0.15, 0.2) is 0 Å². The van der Waals surface area contributed by atoms with Crippen molar-refractivity contribution in [2.24, 2.45) is 0 Å². The normalized spacial score (nSPS) is 13.8. The molecule has 2 nitrogen and oxygen atoms in total. The first-order valence-electron chi connectivity index (χ1n) is 5.66. The van der Waals surface area contributed by atoms with Crippen LogP contribution in [0.4, 0.5) is 21.5 Å². The second-order valence-electron chi connectivity index (χ2n) is 4.23. The maximum absolute atomic E-state index is 13.3. The zero-order chi connectivity index (χ0) is 11.8. The lowest BCUT2D eigenvalue weighted by atomic mass is 10.1. The van der Waals surface area contributed by atoms with Crippen molar-refractivity contribution in [1.29, 1.82) is 0 Å². The summed E-state index contributed by atoms with van der Waals surface area (Å²) in [5.41, 5.74) is 9.75. The third-order valence-corrected chi connectivity index (χ3v) is 3.17. The zero-order valence-corrected chi connectivity index (χ0v) is 9.36. The highest BCUT2D eigenvalue weighted by molar-refractivity contribution is 5.78. The van der Waals surface area contributed by atoms with Gasteiger partial charge in [-0.1, -0.05) is 18.2 Å². The van der Waals surface area contributed by atoms with Gasteiger partial charge in [-0.3, -0.25) is 0 Å². The van der Waals surface area contributed by atoms with Gasteiger partial charge in [-0.15, -0.1) is 0 Å². The van der Waals surface area contributed by atoms with E-state index in [4.69, 9.17) is 5.73 Å². The highest BCUT2D eigenvalue weighted by Gasteiger charge is 2.21. The summed E-state index contributed by atoms with van der Waals surface area (Å²) in [4.78, 5) is 2.08. The lowest BCUT2D eigenvalue weighted by molar-refractivity contribution is 0.628. The molecule has 0 fully saturated rings. The molecule has 2 aromatic carbocycles. The predicted octanol–water partition coefficient (Wildman–Crippen LogP) is 3.10. The Morgan fingerprint density at radius 2 is 1.88 bits per heavy atom. The SMILES string of the molecule is Nc1ccccc1N1CCc2ccc(F)cc21. The largest absolute Gasteiger partial charge is 0.397 e. The Kier molecular flexibility index (Phi) is 2.25. The summed E-state index contributed by atoms with van der Waals surface area (Å²) in [7, 11) is 0. The van der Waals surface area contributed by atoms with Gasteiger partial charge in [-0.2, -0.15) is 0 Å². The van der Waals surface area contributed by atoms with Gasteiger partial charge >= 0.3 is 0 Å². The molecule has 86 valence electrons. The molecule has 3 heteroatoms. The number of nitrogens with two attached hydrogens (primary N) is 1. The number of nitrogen functional groups attached to an aromatic ring is 1. The zero-order valence-electron chi connectivity index (χ0n) is 9.36. The number of hydrogen-bond donors (Lipinski definition) is 1. The monoisotopic (exact) mass is 228 g/mol. The van der Waals surface area contributed by atoms with Crippen LogP contribution in [-0.4, -0.2) is 6.54 Å². The van der Waals surface area contributed by atoms with E-state index in [0.717, 1.165) is 30.0 Å². The Labute approximate surface area is 99.5 Å². The Hall–Kier alpha value is -2.03. The summed E-state index contributed by atoms with van der Waals surface area (Å²) in [5.74, 6) is -0.204. The Morgan fingerprint density at radius 3 is 2.71 bits per heavy atom. The van der Waals surface area contributed by atoms with E-state index in [1.54, 1.807) is 6.07 Å². The molecule has 0 saturated carbocycles. The van der Waals surface area contributed by atoms with Crippen LogP contribution < -0.4 is 10.6 Å². The van der Waals surface area contributed by atoms with Crippen molar-refractivity contribution in [3.8, 4) is 0 Å². The van der Waals surface area contributed by atoms with Gasteiger partial charge in [0.05, 0.1) is 11.4 Å². The molecule has 0 spiro atoms. The van der Waals surface area contributed by atoms with E-state index in [0.29, 0.717) is 0 Å². The number of hydrogen-bond acceptors (Lipinski definition) is 2. The van der Waals surface area contributed by atoms with Crippen LogP contribution >= 0.6 is 0 Å². The molecular formula is C14H13FN2. The quantitative estimate of drug-likeness (QED) is 0.760. The van der Waals surface area contributed by atoms with Gasteiger partial charge in [-0.05, 0) is 36.2 Å². The topological polar surface area (TPSA) is 29.3 Å². The highest BCUT2D eigenvalue weighted by Crippen LogP contribution is 2.37. The van der Waals surface area contributed by atoms with E-state index >= 15 is 0 Å². The standard InChI is InChI=1S/C14H13FN2/c15-11-6-5-10-7-8-17(14(10)9-11)13-4-2-1-3-12(13)16/h1-6,9H,7-8,16H2. The maximum atomic E-state index is 13.3. The molecular weight excluding hydrogens is 215 g/mol. The lowest BCUT2D eigenvalue weighted by Crippen LogP contribution is -2.14. The Bertz CT molecular complexity index is 566. The summed E-state index contributed by atoms with van der Waals surface area (Å²) in [6, 6.07) is 12.6. The van der Waals surface area contributed by atoms with Crippen molar-refractivity contribution in [2.45, 2.75) is 6.42 Å². The maximum Gasteiger partial charge on any atom is 0.125 e. The molecule has 2 aromatic rings. The number of rotatable bonds is 1. The van der Waals surface area contributed by atoms with Crippen LogP contribution in [0.5, 0.6) is 0 Å². The average molecular weight is 228 g/mol. The van der Waals surface area contributed by atoms with Gasteiger partial charge in [0.1, 0.15) is 5.82 Å². The van der Waals surface area contributed by atoms with Crippen LogP contribution in [0.1, 0.15) is 5.56 Å². The molecule has 0 bridgehead atoms. The molecule has 3 rings (SSSR count). The van der Waals surface area contributed by atoms with Gasteiger partial charge < -0.3 is 10.6 Å². The van der Waals surface area contributed by atoms with Crippen LogP contribution in [0, 0.1) is 5.82 Å². The summed E-state index contributed by atoms with van der Waals surface area (Å²) >= 11 is 0. The first kappa shape index (κ1) is 10.1. The first-order valence-corrected chi connectivity index (χ1v) is 5.66. The van der Waals surface area contributed by atoms with Gasteiger partial charge in [0, 0.05) is 12.2 Å². The molecule has 0 aromatic heterocycles. The van der Waals surface area contributed by atoms with Crippen LogP contribution in [0.15, 0.2) is 42.5 Å². The van der Waals surface area contributed by atoms with Gasteiger partial charge in [-0.25, -0.2) is 4.39 Å². The molecule has 0 aliphatic carbocycles. The third kappa shape index (κ3) is 1.64. The second-order valence-corrected chi connectivity index (χ2v) is 4.23. The van der Waals surface area contributed by atoms with Crippen LogP contribution in [0.2, 0.25) is 0 Å². The molecule has 0 saturated heterocycles. The van der Waals surface area contributed by atoms with E-state index in [1.807, 2.05) is 30.3 Å². The third-order valence-electron chi connectivity index (χ3n) is 3.17. The molecule has 0 unspecified atom stereocenters. The van der Waals surface area contributed by atoms with Crippen molar-refractivity contribution in [3.63, 3.8) is 0 Å². The summed E-state index contributed by atoms with van der Waals surface area (Å²) in [6.45, 7) is 0.854. The van der Waals surface area contributed by atoms with Crippen LogP contribution in [0.25, 0.3) is 0 Å². The molecule has 0 atom stereocenters. The Balaban J connectivity index is 2.10. The van der Waals surface area contributed by atoms with Crippen molar-refractivity contribution >= 4 is 17.1 Å². The fourth-order valence-corrected chi connectivity index (χ4v) is 2.34. The lowest BCUT2D eigenvalue weighted by Gasteiger charge is -2.21. The molecule has 17 heavy (non-hydrogen) atoms. The number of anilines is 3. The minimum Gasteiger partial charge on any atom is -0.397 e. The fourth-order valence-electron chi connectivity index (χ4n) is 2.34. The van der Waals surface area contributed by atoms with E-state index < -0.39 is 0 Å². The number of benzene rings is 2. The molecule has 2 N–H and O–H groups in total. The summed E-state index contributed by atoms with van der Waals surface area (Å²) < 4.78 is 13.3. The average Bonchev–Trinajstić information content (AvgIpc) is 2.72. The fraction of sp³-hybridized carbons (Fsp3) is 0.143. The van der Waals surface area contributed by atoms with Crippen molar-refractivity contribution in [2.75, 3.05) is 17.2 Å². The molecule has 1 heterocycles. The number of nitrogens with zero attached hydrogens (tertiary/aromatic N) is 1.